The Morgan fingerprint density at radius 3 is 2.40 bits per heavy atom. The maximum Gasteiger partial charge on any atom is 0.236 e. The maximum absolute atomic E-state index is 12.9. The Labute approximate surface area is 205 Å². The number of nitrogens with one attached hydrogen (secondary N) is 1. The predicted molar refractivity (Wildman–Crippen MR) is 135 cm³/mol. The largest absolute Gasteiger partial charge is 0.504 e. The van der Waals surface area contributed by atoms with E-state index < -0.39 is 0 Å². The summed E-state index contributed by atoms with van der Waals surface area (Å²) < 4.78 is 0. The zero-order chi connectivity index (χ0) is 24.4. The molecule has 7 nitrogen and oxygen atoms in total. The number of hydrogen-bond donors (Lipinski definition) is 3. The minimum Gasteiger partial charge on any atom is -0.504 e. The fourth-order valence-corrected chi connectivity index (χ4v) is 5.25. The molecule has 3 aromatic carbocycles. The first kappa shape index (κ1) is 23.2. The summed E-state index contributed by atoms with van der Waals surface area (Å²) in [5.74, 6) is -0.242. The van der Waals surface area contributed by atoms with E-state index in [1.54, 1.807) is 6.07 Å². The van der Waals surface area contributed by atoms with Crippen LogP contribution in [0.15, 0.2) is 60.7 Å². The smallest absolute Gasteiger partial charge is 0.236 e. The van der Waals surface area contributed by atoms with E-state index in [1.807, 2.05) is 4.90 Å². The van der Waals surface area contributed by atoms with Crippen LogP contribution in [0.5, 0.6) is 11.5 Å². The van der Waals surface area contributed by atoms with Crippen LogP contribution < -0.4 is 5.32 Å². The van der Waals surface area contributed by atoms with Gasteiger partial charge in [-0.15, -0.1) is 0 Å². The summed E-state index contributed by atoms with van der Waals surface area (Å²) in [7, 11) is 0. The molecule has 3 N–H and O–H groups in total. The van der Waals surface area contributed by atoms with Crippen LogP contribution in [0.25, 0.3) is 10.8 Å². The third kappa shape index (κ3) is 5.25. The van der Waals surface area contributed by atoms with Gasteiger partial charge in [0.05, 0.1) is 12.5 Å². The Kier molecular flexibility index (Phi) is 6.59. The van der Waals surface area contributed by atoms with E-state index in [0.29, 0.717) is 37.7 Å². The molecule has 3 aromatic rings. The number of phenols is 2. The van der Waals surface area contributed by atoms with Crippen LogP contribution in [0.2, 0.25) is 0 Å². The third-order valence-electron chi connectivity index (χ3n) is 7.34. The number of anilines is 1. The van der Waals surface area contributed by atoms with Crippen LogP contribution in [0.4, 0.5) is 5.69 Å². The first-order valence-electron chi connectivity index (χ1n) is 12.3. The highest BCUT2D eigenvalue weighted by Crippen LogP contribution is 2.31. The zero-order valence-electron chi connectivity index (χ0n) is 19.7. The first-order chi connectivity index (χ1) is 17.0. The van der Waals surface area contributed by atoms with E-state index >= 15 is 0 Å². The molecule has 2 amide bonds. The molecule has 2 heterocycles. The minimum atomic E-state index is -0.272. The van der Waals surface area contributed by atoms with Crippen LogP contribution >= 0.6 is 0 Å². The second-order valence-electron chi connectivity index (χ2n) is 9.68. The number of fused-ring (bicyclic) bond motifs is 1. The van der Waals surface area contributed by atoms with Gasteiger partial charge in [-0.25, -0.2) is 0 Å². The van der Waals surface area contributed by atoms with Crippen LogP contribution in [0.3, 0.4) is 0 Å². The molecule has 2 aliphatic rings. The van der Waals surface area contributed by atoms with E-state index in [2.05, 4.69) is 52.7 Å². The van der Waals surface area contributed by atoms with Gasteiger partial charge in [0.25, 0.3) is 0 Å². The highest BCUT2D eigenvalue weighted by atomic mass is 16.3. The van der Waals surface area contributed by atoms with Gasteiger partial charge in [0.1, 0.15) is 0 Å². The van der Waals surface area contributed by atoms with Gasteiger partial charge < -0.3 is 20.4 Å². The lowest BCUT2D eigenvalue weighted by Gasteiger charge is -2.33. The molecule has 35 heavy (non-hydrogen) atoms. The van der Waals surface area contributed by atoms with Gasteiger partial charge in [-0.2, -0.15) is 0 Å². The average Bonchev–Trinajstić information content (AvgIpc) is 3.35. The Balaban J connectivity index is 1.10. The topological polar surface area (TPSA) is 93.1 Å². The monoisotopic (exact) mass is 473 g/mol. The van der Waals surface area contributed by atoms with Crippen molar-refractivity contribution in [3.8, 4) is 11.5 Å². The van der Waals surface area contributed by atoms with Gasteiger partial charge >= 0.3 is 0 Å². The van der Waals surface area contributed by atoms with Crippen molar-refractivity contribution in [3.05, 3.63) is 66.2 Å². The molecule has 182 valence electrons. The zero-order valence-corrected chi connectivity index (χ0v) is 19.7. The van der Waals surface area contributed by atoms with Gasteiger partial charge in [0.2, 0.25) is 11.8 Å². The van der Waals surface area contributed by atoms with E-state index in [4.69, 9.17) is 0 Å². The second kappa shape index (κ2) is 9.96. The van der Waals surface area contributed by atoms with Gasteiger partial charge in [-0.05, 0) is 60.2 Å². The maximum atomic E-state index is 12.9. The normalized spacial score (nSPS) is 19.2. The number of amides is 2. The molecular weight excluding hydrogens is 442 g/mol. The van der Waals surface area contributed by atoms with Gasteiger partial charge in [0, 0.05) is 31.4 Å². The lowest BCUT2D eigenvalue weighted by molar-refractivity contribution is -0.133. The fourth-order valence-electron chi connectivity index (χ4n) is 5.25. The molecule has 0 aliphatic carbocycles. The SMILES string of the molecule is O=C(Nc1ccc(O)c(O)c1)C1CCN(CC(=O)N2CCC(c3ccc4ccccc4c3)CC2)C1. The van der Waals surface area contributed by atoms with Crippen LogP contribution in [0, 0.1) is 5.92 Å². The summed E-state index contributed by atoms with van der Waals surface area (Å²) in [5, 5.41) is 24.3. The van der Waals surface area contributed by atoms with Crippen LogP contribution in [-0.4, -0.2) is 64.6 Å². The molecule has 0 spiro atoms. The Morgan fingerprint density at radius 2 is 1.63 bits per heavy atom. The van der Waals surface area contributed by atoms with Crippen molar-refractivity contribution >= 4 is 28.3 Å². The van der Waals surface area contributed by atoms with Crippen LogP contribution in [0.1, 0.15) is 30.7 Å². The molecule has 2 aliphatic heterocycles. The van der Waals surface area contributed by atoms with Crippen molar-refractivity contribution in [2.75, 3.05) is 38.0 Å². The third-order valence-corrected chi connectivity index (χ3v) is 7.34. The molecule has 1 unspecified atom stereocenters. The number of hydrogen-bond acceptors (Lipinski definition) is 5. The molecule has 1 atom stereocenters. The highest BCUT2D eigenvalue weighted by molar-refractivity contribution is 5.93. The first-order valence-corrected chi connectivity index (χ1v) is 12.3. The number of rotatable bonds is 5. The molecule has 0 saturated carbocycles. The number of phenolic OH excluding ortho intramolecular Hbond substituents is 2. The second-order valence-corrected chi connectivity index (χ2v) is 9.68. The number of nitrogens with zero attached hydrogens (tertiary/aromatic N) is 2. The van der Waals surface area contributed by atoms with Crippen molar-refractivity contribution in [2.24, 2.45) is 5.92 Å². The van der Waals surface area contributed by atoms with E-state index in [0.717, 1.165) is 25.9 Å². The molecular formula is C28H31N3O4. The molecule has 2 saturated heterocycles. The molecule has 2 fully saturated rings. The number of carbonyl (C=O) groups excluding carboxylic acids is 2. The number of aromatic hydroxyl groups is 2. The summed E-state index contributed by atoms with van der Waals surface area (Å²) in [6, 6.07) is 19.3. The Hall–Kier alpha value is -3.58. The molecule has 0 bridgehead atoms. The van der Waals surface area contributed by atoms with Gasteiger partial charge in [-0.1, -0.05) is 42.5 Å². The van der Waals surface area contributed by atoms with E-state index in [-0.39, 0.29) is 29.2 Å². The van der Waals surface area contributed by atoms with Gasteiger partial charge in [0.15, 0.2) is 11.5 Å². The predicted octanol–water partition coefficient (Wildman–Crippen LogP) is 3.92. The van der Waals surface area contributed by atoms with Crippen molar-refractivity contribution in [2.45, 2.75) is 25.2 Å². The average molecular weight is 474 g/mol. The summed E-state index contributed by atoms with van der Waals surface area (Å²) in [6.07, 6.45) is 2.62. The number of benzene rings is 3. The lowest BCUT2D eigenvalue weighted by atomic mass is 9.88. The quantitative estimate of drug-likeness (QED) is 0.386. The highest BCUT2D eigenvalue weighted by Gasteiger charge is 2.31. The summed E-state index contributed by atoms with van der Waals surface area (Å²) >= 11 is 0. The van der Waals surface area contributed by atoms with Crippen molar-refractivity contribution < 1.29 is 19.8 Å². The molecule has 0 aromatic heterocycles. The number of piperidine rings is 1. The van der Waals surface area contributed by atoms with Crippen LogP contribution in [-0.2, 0) is 9.59 Å². The number of carbonyl (C=O) groups is 2. The van der Waals surface area contributed by atoms with Crippen molar-refractivity contribution in [1.29, 1.82) is 0 Å². The summed E-state index contributed by atoms with van der Waals surface area (Å²) in [4.78, 5) is 29.6. The minimum absolute atomic E-state index is 0.131. The fraction of sp³-hybridized carbons (Fsp3) is 0.357. The van der Waals surface area contributed by atoms with E-state index in [1.165, 1.54) is 28.5 Å². The lowest BCUT2D eigenvalue weighted by Crippen LogP contribution is -2.43. The molecule has 5 rings (SSSR count). The summed E-state index contributed by atoms with van der Waals surface area (Å²) in [6.45, 7) is 3.11. The van der Waals surface area contributed by atoms with E-state index in [9.17, 15) is 19.8 Å². The Bertz CT molecular complexity index is 1240. The number of likely N-dealkylation sites (tertiary alicyclic amines) is 2. The van der Waals surface area contributed by atoms with Crippen molar-refractivity contribution in [3.63, 3.8) is 0 Å². The summed E-state index contributed by atoms with van der Waals surface area (Å²) in [5.41, 5.74) is 1.79. The Morgan fingerprint density at radius 1 is 0.857 bits per heavy atom. The molecule has 7 heteroatoms. The van der Waals surface area contributed by atoms with Gasteiger partial charge in [-0.3, -0.25) is 14.5 Å². The molecule has 0 radical (unpaired) electrons. The standard InChI is InChI=1S/C28H31N3O4/c32-25-8-7-24(16-26(25)33)29-28(35)23-9-12-30(17-23)18-27(34)31-13-10-20(11-14-31)22-6-5-19-3-1-2-4-21(19)15-22/h1-8,15-16,20,23,32-33H,9-14,17-18H2,(H,29,35). The van der Waals surface area contributed by atoms with Crippen molar-refractivity contribution in [1.82, 2.24) is 9.80 Å².